The van der Waals surface area contributed by atoms with E-state index < -0.39 is 0 Å². The summed E-state index contributed by atoms with van der Waals surface area (Å²) in [6, 6.07) is 1.42. The second-order valence-electron chi connectivity index (χ2n) is 8.10. The number of piperazine rings is 1. The second-order valence-corrected chi connectivity index (χ2v) is 8.10. The van der Waals surface area contributed by atoms with E-state index in [0.717, 1.165) is 31.0 Å². The highest BCUT2D eigenvalue weighted by Crippen LogP contribution is 2.36. The van der Waals surface area contributed by atoms with Crippen molar-refractivity contribution in [2.24, 2.45) is 11.8 Å². The summed E-state index contributed by atoms with van der Waals surface area (Å²) in [5, 5.41) is 3.78. The fourth-order valence-electron chi connectivity index (χ4n) is 3.30. The fourth-order valence-corrected chi connectivity index (χ4v) is 3.30. The zero-order valence-electron chi connectivity index (χ0n) is 14.1. The van der Waals surface area contributed by atoms with Crippen LogP contribution in [0.1, 0.15) is 53.9 Å². The average molecular weight is 282 g/mol. The molecule has 1 heterocycles. The van der Waals surface area contributed by atoms with Crippen molar-refractivity contribution in [3.8, 4) is 0 Å². The molecule has 1 aliphatic heterocycles. The summed E-state index contributed by atoms with van der Waals surface area (Å²) in [4.78, 5) is 2.70. The van der Waals surface area contributed by atoms with Gasteiger partial charge in [0.15, 0.2) is 0 Å². The Morgan fingerprint density at radius 2 is 1.95 bits per heavy atom. The summed E-state index contributed by atoms with van der Waals surface area (Å²) < 4.78 is 5.93. The number of hydrogen-bond donors (Lipinski definition) is 1. The first-order valence-electron chi connectivity index (χ1n) is 8.46. The quantitative estimate of drug-likeness (QED) is 0.811. The molecule has 2 atom stereocenters. The Morgan fingerprint density at radius 1 is 1.25 bits per heavy atom. The number of nitrogens with one attached hydrogen (secondary N) is 1. The Bertz CT molecular complexity index is 294. The number of hydrogen-bond acceptors (Lipinski definition) is 3. The summed E-state index contributed by atoms with van der Waals surface area (Å²) in [5.41, 5.74) is -0.0134. The van der Waals surface area contributed by atoms with E-state index >= 15 is 0 Å². The smallest absolute Gasteiger partial charge is 0.0600 e. The van der Waals surface area contributed by atoms with E-state index in [4.69, 9.17) is 4.74 Å². The molecule has 3 heteroatoms. The minimum atomic E-state index is -0.0134. The lowest BCUT2D eigenvalue weighted by Crippen LogP contribution is -2.58. The monoisotopic (exact) mass is 282 g/mol. The van der Waals surface area contributed by atoms with Crippen LogP contribution in [0.2, 0.25) is 0 Å². The fraction of sp³-hybridized carbons (Fsp3) is 1.00. The highest BCUT2D eigenvalue weighted by molar-refractivity contribution is 4.95. The first-order chi connectivity index (χ1) is 9.35. The molecule has 1 aliphatic carbocycles. The molecule has 1 saturated heterocycles. The van der Waals surface area contributed by atoms with Crippen molar-refractivity contribution in [2.45, 2.75) is 71.6 Å². The van der Waals surface area contributed by atoms with Crippen molar-refractivity contribution in [1.82, 2.24) is 10.2 Å². The molecular weight excluding hydrogens is 248 g/mol. The molecule has 2 fully saturated rings. The number of rotatable bonds is 6. The Kier molecular flexibility index (Phi) is 5.49. The Hall–Kier alpha value is -0.120. The topological polar surface area (TPSA) is 24.5 Å². The molecule has 0 radical (unpaired) electrons. The van der Waals surface area contributed by atoms with E-state index in [-0.39, 0.29) is 5.60 Å². The van der Waals surface area contributed by atoms with Gasteiger partial charge in [-0.2, -0.15) is 0 Å². The highest BCUT2D eigenvalue weighted by Gasteiger charge is 2.38. The van der Waals surface area contributed by atoms with Crippen LogP contribution < -0.4 is 5.32 Å². The predicted molar refractivity (Wildman–Crippen MR) is 85.0 cm³/mol. The van der Waals surface area contributed by atoms with Crippen molar-refractivity contribution in [3.63, 3.8) is 0 Å². The van der Waals surface area contributed by atoms with Gasteiger partial charge in [-0.1, -0.05) is 13.8 Å². The molecule has 0 amide bonds. The molecule has 2 unspecified atom stereocenters. The summed E-state index contributed by atoms with van der Waals surface area (Å²) >= 11 is 0. The van der Waals surface area contributed by atoms with E-state index in [9.17, 15) is 0 Å². The van der Waals surface area contributed by atoms with Gasteiger partial charge >= 0.3 is 0 Å². The van der Waals surface area contributed by atoms with Gasteiger partial charge in [0.2, 0.25) is 0 Å². The Morgan fingerprint density at radius 3 is 2.50 bits per heavy atom. The largest absolute Gasteiger partial charge is 0.375 e. The van der Waals surface area contributed by atoms with Crippen molar-refractivity contribution in [1.29, 1.82) is 0 Å². The molecule has 1 N–H and O–H groups in total. The van der Waals surface area contributed by atoms with Gasteiger partial charge in [-0.3, -0.25) is 4.90 Å². The molecule has 2 aliphatic rings. The molecule has 2 rings (SSSR count). The highest BCUT2D eigenvalue weighted by atomic mass is 16.5. The lowest BCUT2D eigenvalue weighted by molar-refractivity contribution is -0.0243. The van der Waals surface area contributed by atoms with Crippen LogP contribution in [-0.4, -0.2) is 48.8 Å². The van der Waals surface area contributed by atoms with Gasteiger partial charge in [0.05, 0.1) is 12.2 Å². The van der Waals surface area contributed by atoms with Gasteiger partial charge in [-0.25, -0.2) is 0 Å². The summed E-state index contributed by atoms with van der Waals surface area (Å²) in [6.45, 7) is 15.4. The zero-order valence-corrected chi connectivity index (χ0v) is 14.1. The van der Waals surface area contributed by atoms with E-state index in [0.29, 0.717) is 6.04 Å². The molecule has 118 valence electrons. The van der Waals surface area contributed by atoms with Gasteiger partial charge in [0.1, 0.15) is 0 Å². The number of nitrogens with zero attached hydrogens (tertiary/aromatic N) is 1. The first kappa shape index (κ1) is 16.3. The summed E-state index contributed by atoms with van der Waals surface area (Å²) in [5.74, 6) is 1.72. The Balaban J connectivity index is 1.82. The van der Waals surface area contributed by atoms with Crippen molar-refractivity contribution < 1.29 is 4.74 Å². The molecule has 0 aromatic carbocycles. The van der Waals surface area contributed by atoms with Crippen molar-refractivity contribution >= 4 is 0 Å². The van der Waals surface area contributed by atoms with E-state index in [1.165, 1.54) is 32.4 Å². The van der Waals surface area contributed by atoms with Crippen molar-refractivity contribution in [3.05, 3.63) is 0 Å². The SMILES string of the molecule is CC(C)CC1CN(CCOC(C)(C)C)C(C2CC2)CN1. The van der Waals surface area contributed by atoms with Crippen LogP contribution in [0, 0.1) is 11.8 Å². The van der Waals surface area contributed by atoms with Crippen LogP contribution in [0.15, 0.2) is 0 Å². The van der Waals surface area contributed by atoms with E-state index in [1.54, 1.807) is 0 Å². The van der Waals surface area contributed by atoms with Crippen LogP contribution >= 0.6 is 0 Å². The molecule has 20 heavy (non-hydrogen) atoms. The third-order valence-corrected chi connectivity index (χ3v) is 4.38. The molecule has 0 bridgehead atoms. The minimum absolute atomic E-state index is 0.0134. The molecular formula is C17H34N2O. The summed E-state index contributed by atoms with van der Waals surface area (Å²) in [6.07, 6.45) is 4.14. The third-order valence-electron chi connectivity index (χ3n) is 4.38. The maximum Gasteiger partial charge on any atom is 0.0600 e. The van der Waals surface area contributed by atoms with Gasteiger partial charge in [-0.05, 0) is 51.9 Å². The normalized spacial score (nSPS) is 29.1. The van der Waals surface area contributed by atoms with Crippen LogP contribution in [0.3, 0.4) is 0 Å². The van der Waals surface area contributed by atoms with Gasteiger partial charge < -0.3 is 10.1 Å². The summed E-state index contributed by atoms with van der Waals surface area (Å²) in [7, 11) is 0. The minimum Gasteiger partial charge on any atom is -0.375 e. The van der Waals surface area contributed by atoms with Crippen LogP contribution in [0.4, 0.5) is 0 Å². The lowest BCUT2D eigenvalue weighted by atomic mass is 9.98. The maximum atomic E-state index is 5.93. The molecule has 3 nitrogen and oxygen atoms in total. The number of ether oxygens (including phenoxy) is 1. The first-order valence-corrected chi connectivity index (χ1v) is 8.46. The lowest BCUT2D eigenvalue weighted by Gasteiger charge is -2.41. The second kappa shape index (κ2) is 6.76. The standard InChI is InChI=1S/C17H34N2O/c1-13(2)10-15-12-19(8-9-20-17(3,4)5)16(11-18-15)14-6-7-14/h13-16,18H,6-12H2,1-5H3. The predicted octanol–water partition coefficient (Wildman–Crippen LogP) is 2.90. The van der Waals surface area contributed by atoms with Crippen molar-refractivity contribution in [2.75, 3.05) is 26.2 Å². The van der Waals surface area contributed by atoms with Gasteiger partial charge in [-0.15, -0.1) is 0 Å². The van der Waals surface area contributed by atoms with E-state index in [2.05, 4.69) is 44.8 Å². The maximum absolute atomic E-state index is 5.93. The van der Waals surface area contributed by atoms with Crippen LogP contribution in [0.25, 0.3) is 0 Å². The molecule has 1 saturated carbocycles. The molecule has 0 aromatic heterocycles. The Labute approximate surface area is 125 Å². The molecule has 0 aromatic rings. The average Bonchev–Trinajstić information content (AvgIpc) is 3.10. The third kappa shape index (κ3) is 5.34. The molecule has 0 spiro atoms. The van der Waals surface area contributed by atoms with Gasteiger partial charge in [0.25, 0.3) is 0 Å². The van der Waals surface area contributed by atoms with Crippen LogP contribution in [-0.2, 0) is 4.74 Å². The van der Waals surface area contributed by atoms with E-state index in [1.807, 2.05) is 0 Å². The van der Waals surface area contributed by atoms with Gasteiger partial charge in [0, 0.05) is 31.7 Å². The zero-order chi connectivity index (χ0) is 14.8. The van der Waals surface area contributed by atoms with Crippen LogP contribution in [0.5, 0.6) is 0 Å².